The molecule has 0 N–H and O–H groups in total. The molecule has 1 atom stereocenters. The topological polar surface area (TPSA) is 63.5 Å². The number of morpholine rings is 1. The maximum Gasteiger partial charge on any atom is 0.273 e. The van der Waals surface area contributed by atoms with E-state index in [4.69, 9.17) is 4.74 Å². The van der Waals surface area contributed by atoms with E-state index in [1.54, 1.807) is 6.20 Å². The van der Waals surface area contributed by atoms with Gasteiger partial charge in [-0.2, -0.15) is 5.10 Å². The van der Waals surface area contributed by atoms with Crippen LogP contribution >= 0.6 is 0 Å². The second-order valence-electron chi connectivity index (χ2n) is 7.06. The molecule has 7 nitrogen and oxygen atoms in total. The van der Waals surface area contributed by atoms with E-state index < -0.39 is 0 Å². The van der Waals surface area contributed by atoms with Crippen LogP contribution in [0.25, 0.3) is 0 Å². The summed E-state index contributed by atoms with van der Waals surface area (Å²) in [5, 5.41) is 4.41. The number of carbonyl (C=O) groups is 1. The maximum atomic E-state index is 13.2. The Hall–Kier alpha value is -2.25. The van der Waals surface area contributed by atoms with Gasteiger partial charge in [-0.1, -0.05) is 6.07 Å². The molecule has 2 aromatic rings. The number of hydrogen-bond donors (Lipinski definition) is 0. The van der Waals surface area contributed by atoms with E-state index in [1.807, 2.05) is 40.9 Å². The minimum atomic E-state index is -0.00194. The smallest absolute Gasteiger partial charge is 0.273 e. The van der Waals surface area contributed by atoms with Gasteiger partial charge in [-0.15, -0.1) is 0 Å². The highest BCUT2D eigenvalue weighted by atomic mass is 16.5. The lowest BCUT2D eigenvalue weighted by Crippen LogP contribution is -2.49. The number of nitrogens with zero attached hydrogens (tertiary/aromatic N) is 5. The number of carbonyl (C=O) groups excluding carboxylic acids is 1. The molecule has 2 aliphatic heterocycles. The molecule has 1 saturated heterocycles. The highest BCUT2D eigenvalue weighted by Gasteiger charge is 2.31. The number of hydrogen-bond acceptors (Lipinski definition) is 5. The average Bonchev–Trinajstić information content (AvgIpc) is 3.04. The molecule has 2 aromatic heterocycles. The molecular weight excluding hydrogens is 330 g/mol. The van der Waals surface area contributed by atoms with Crippen molar-refractivity contribution in [3.8, 4) is 0 Å². The molecule has 0 aliphatic carbocycles. The summed E-state index contributed by atoms with van der Waals surface area (Å²) in [6.07, 6.45) is 4.46. The maximum absolute atomic E-state index is 13.2. The van der Waals surface area contributed by atoms with E-state index >= 15 is 0 Å². The average molecular weight is 355 g/mol. The fourth-order valence-electron chi connectivity index (χ4n) is 3.68. The van der Waals surface area contributed by atoms with Gasteiger partial charge in [0.1, 0.15) is 5.69 Å². The number of aryl methyl sites for hydroxylation is 2. The number of rotatable bonds is 3. The van der Waals surface area contributed by atoms with Gasteiger partial charge in [-0.25, -0.2) is 0 Å². The van der Waals surface area contributed by atoms with Gasteiger partial charge in [0.25, 0.3) is 5.91 Å². The van der Waals surface area contributed by atoms with Crippen molar-refractivity contribution in [2.24, 2.45) is 0 Å². The predicted molar refractivity (Wildman–Crippen MR) is 96.7 cm³/mol. The third kappa shape index (κ3) is 3.64. The Kier molecular flexibility index (Phi) is 4.99. The van der Waals surface area contributed by atoms with Gasteiger partial charge in [0, 0.05) is 44.6 Å². The summed E-state index contributed by atoms with van der Waals surface area (Å²) in [6.45, 7) is 7.63. The van der Waals surface area contributed by atoms with E-state index in [2.05, 4.69) is 15.0 Å². The van der Waals surface area contributed by atoms with E-state index in [1.165, 1.54) is 0 Å². The normalized spacial score (nSPS) is 21.3. The molecule has 0 saturated carbocycles. The fraction of sp³-hybridized carbons (Fsp3) is 0.526. The highest BCUT2D eigenvalue weighted by molar-refractivity contribution is 5.92. The molecule has 0 spiro atoms. The molecule has 0 radical (unpaired) electrons. The molecule has 2 aliphatic rings. The summed E-state index contributed by atoms with van der Waals surface area (Å²) in [7, 11) is 0. The van der Waals surface area contributed by atoms with Crippen molar-refractivity contribution < 1.29 is 9.53 Å². The Bertz CT molecular complexity index is 752. The first-order chi connectivity index (χ1) is 12.7. The van der Waals surface area contributed by atoms with Crippen LogP contribution in [0.2, 0.25) is 0 Å². The molecule has 0 aromatic carbocycles. The summed E-state index contributed by atoms with van der Waals surface area (Å²) >= 11 is 0. The zero-order valence-corrected chi connectivity index (χ0v) is 15.2. The van der Waals surface area contributed by atoms with E-state index in [0.29, 0.717) is 12.2 Å². The quantitative estimate of drug-likeness (QED) is 0.831. The standard InChI is InChI=1S/C19H25N5O2/c1-15-2-3-18(20-12-15)19(25)23-14-17-4-6-21-24(17)7-5-16(23)13-22-8-10-26-11-9-22/h2-4,6,12,16H,5,7-11,13-14H2,1H3/t16-/m1/s1. The third-order valence-corrected chi connectivity index (χ3v) is 5.22. The number of amides is 1. The summed E-state index contributed by atoms with van der Waals surface area (Å²) in [5.41, 5.74) is 2.64. The third-order valence-electron chi connectivity index (χ3n) is 5.22. The highest BCUT2D eigenvalue weighted by Crippen LogP contribution is 2.21. The summed E-state index contributed by atoms with van der Waals surface area (Å²) in [6, 6.07) is 5.91. The van der Waals surface area contributed by atoms with Gasteiger partial charge >= 0.3 is 0 Å². The second kappa shape index (κ2) is 7.55. The van der Waals surface area contributed by atoms with Crippen LogP contribution in [0.5, 0.6) is 0 Å². The minimum absolute atomic E-state index is 0.00194. The van der Waals surface area contributed by atoms with Gasteiger partial charge in [0.05, 0.1) is 25.5 Å². The first-order valence-corrected chi connectivity index (χ1v) is 9.25. The molecular formula is C19H25N5O2. The van der Waals surface area contributed by atoms with E-state index in [-0.39, 0.29) is 11.9 Å². The van der Waals surface area contributed by atoms with E-state index in [9.17, 15) is 4.79 Å². The van der Waals surface area contributed by atoms with Crippen LogP contribution in [0.4, 0.5) is 0 Å². The van der Waals surface area contributed by atoms with Gasteiger partial charge in [0.15, 0.2) is 0 Å². The van der Waals surface area contributed by atoms with Gasteiger partial charge < -0.3 is 9.64 Å². The minimum Gasteiger partial charge on any atom is -0.379 e. The lowest BCUT2D eigenvalue weighted by atomic mass is 10.1. The van der Waals surface area contributed by atoms with Crippen LogP contribution in [-0.4, -0.2) is 69.4 Å². The number of ether oxygens (including phenoxy) is 1. The van der Waals surface area contributed by atoms with E-state index in [0.717, 1.165) is 57.1 Å². The van der Waals surface area contributed by atoms with Crippen LogP contribution in [0.15, 0.2) is 30.6 Å². The molecule has 0 unspecified atom stereocenters. The first kappa shape index (κ1) is 17.2. The van der Waals surface area contributed by atoms with Crippen molar-refractivity contribution in [1.82, 2.24) is 24.6 Å². The Morgan fingerprint density at radius 1 is 1.23 bits per heavy atom. The monoisotopic (exact) mass is 355 g/mol. The van der Waals surface area contributed by atoms with Gasteiger partial charge in [0.2, 0.25) is 0 Å². The number of fused-ring (bicyclic) bond motifs is 1. The molecule has 1 amide bonds. The Labute approximate surface area is 153 Å². The molecule has 138 valence electrons. The Morgan fingerprint density at radius 2 is 2.08 bits per heavy atom. The van der Waals surface area contributed by atoms with Crippen LogP contribution in [-0.2, 0) is 17.8 Å². The second-order valence-corrected chi connectivity index (χ2v) is 7.06. The first-order valence-electron chi connectivity index (χ1n) is 9.25. The summed E-state index contributed by atoms with van der Waals surface area (Å²) in [5.74, 6) is -0.00194. The molecule has 0 bridgehead atoms. The fourth-order valence-corrected chi connectivity index (χ4v) is 3.68. The summed E-state index contributed by atoms with van der Waals surface area (Å²) in [4.78, 5) is 22.0. The van der Waals surface area contributed by atoms with Crippen molar-refractivity contribution in [2.45, 2.75) is 32.5 Å². The molecule has 4 heterocycles. The van der Waals surface area contributed by atoms with Crippen LogP contribution in [0.3, 0.4) is 0 Å². The zero-order valence-electron chi connectivity index (χ0n) is 15.2. The van der Waals surface area contributed by atoms with Crippen molar-refractivity contribution in [2.75, 3.05) is 32.8 Å². The van der Waals surface area contributed by atoms with Crippen molar-refractivity contribution in [3.63, 3.8) is 0 Å². The van der Waals surface area contributed by atoms with Crippen LogP contribution in [0, 0.1) is 6.92 Å². The van der Waals surface area contributed by atoms with Crippen molar-refractivity contribution >= 4 is 5.91 Å². The van der Waals surface area contributed by atoms with Crippen LogP contribution < -0.4 is 0 Å². The zero-order chi connectivity index (χ0) is 17.9. The Morgan fingerprint density at radius 3 is 2.85 bits per heavy atom. The summed E-state index contributed by atoms with van der Waals surface area (Å²) < 4.78 is 7.48. The SMILES string of the molecule is Cc1ccc(C(=O)N2Cc3ccnn3CC[C@@H]2CN2CCOCC2)nc1. The van der Waals surface area contributed by atoms with Crippen molar-refractivity contribution in [3.05, 3.63) is 47.5 Å². The number of aromatic nitrogens is 3. The lowest BCUT2D eigenvalue weighted by Gasteiger charge is -2.35. The molecule has 4 rings (SSSR count). The largest absolute Gasteiger partial charge is 0.379 e. The van der Waals surface area contributed by atoms with Gasteiger partial charge in [-0.3, -0.25) is 19.4 Å². The Balaban J connectivity index is 1.58. The number of pyridine rings is 1. The molecule has 1 fully saturated rings. The lowest BCUT2D eigenvalue weighted by molar-refractivity contribution is 0.0201. The van der Waals surface area contributed by atoms with Gasteiger partial charge in [-0.05, 0) is 31.0 Å². The van der Waals surface area contributed by atoms with Crippen molar-refractivity contribution in [1.29, 1.82) is 0 Å². The predicted octanol–water partition coefficient (Wildman–Crippen LogP) is 1.33. The molecule has 7 heteroatoms. The van der Waals surface area contributed by atoms with Crippen LogP contribution in [0.1, 0.15) is 28.2 Å². The molecule has 26 heavy (non-hydrogen) atoms.